The Hall–Kier alpha value is -3.65. The molecule has 1 aromatic carbocycles. The number of nitrogens with zero attached hydrogens (tertiary/aromatic N) is 2. The number of ketones is 3. The van der Waals surface area contributed by atoms with E-state index in [-0.39, 0.29) is 47.5 Å². The molecular formula is C44H63N3O5. The van der Waals surface area contributed by atoms with Crippen molar-refractivity contribution in [3.05, 3.63) is 70.8 Å². The highest BCUT2D eigenvalue weighted by Crippen LogP contribution is 2.31. The van der Waals surface area contributed by atoms with E-state index in [1.807, 2.05) is 36.9 Å². The van der Waals surface area contributed by atoms with Crippen molar-refractivity contribution in [2.45, 2.75) is 118 Å². The van der Waals surface area contributed by atoms with Gasteiger partial charge in [-0.2, -0.15) is 0 Å². The van der Waals surface area contributed by atoms with Crippen LogP contribution in [0.5, 0.6) is 0 Å². The van der Waals surface area contributed by atoms with Crippen LogP contribution in [-0.4, -0.2) is 77.2 Å². The van der Waals surface area contributed by atoms with Crippen LogP contribution in [0.4, 0.5) is 0 Å². The van der Waals surface area contributed by atoms with Gasteiger partial charge in [-0.05, 0) is 122 Å². The van der Waals surface area contributed by atoms with Gasteiger partial charge in [-0.1, -0.05) is 63.3 Å². The first-order valence-electron chi connectivity index (χ1n) is 19.8. The summed E-state index contributed by atoms with van der Waals surface area (Å²) in [6, 6.07) is 9.54. The molecule has 2 aliphatic heterocycles. The molecule has 8 nitrogen and oxygen atoms in total. The van der Waals surface area contributed by atoms with Gasteiger partial charge in [-0.25, -0.2) is 0 Å². The van der Waals surface area contributed by atoms with Crippen LogP contribution in [0.25, 0.3) is 0 Å². The highest BCUT2D eigenvalue weighted by molar-refractivity contribution is 6.22. The summed E-state index contributed by atoms with van der Waals surface area (Å²) < 4.78 is 0. The van der Waals surface area contributed by atoms with Crippen molar-refractivity contribution < 1.29 is 24.0 Å². The molecular weight excluding hydrogens is 651 g/mol. The fourth-order valence-electron chi connectivity index (χ4n) is 8.13. The van der Waals surface area contributed by atoms with Crippen molar-refractivity contribution in [3.63, 3.8) is 0 Å². The third kappa shape index (κ3) is 11.7. The average molecular weight is 714 g/mol. The van der Waals surface area contributed by atoms with Gasteiger partial charge < -0.3 is 15.1 Å². The molecule has 0 saturated carbocycles. The highest BCUT2D eigenvalue weighted by atomic mass is 16.2. The van der Waals surface area contributed by atoms with Crippen LogP contribution in [0.2, 0.25) is 0 Å². The number of hydrogen-bond acceptors (Lipinski definition) is 6. The first-order valence-corrected chi connectivity index (χ1v) is 19.8. The Labute approximate surface area is 312 Å². The molecule has 2 fully saturated rings. The lowest BCUT2D eigenvalue weighted by Crippen LogP contribution is -2.45. The zero-order valence-electron chi connectivity index (χ0n) is 32.8. The maximum absolute atomic E-state index is 14.2. The minimum atomic E-state index is -0.505. The monoisotopic (exact) mass is 713 g/mol. The molecule has 8 heteroatoms. The molecule has 2 saturated heterocycles. The summed E-state index contributed by atoms with van der Waals surface area (Å²) in [6.45, 7) is 16.9. The van der Waals surface area contributed by atoms with Gasteiger partial charge in [0.05, 0.1) is 12.0 Å². The van der Waals surface area contributed by atoms with Crippen molar-refractivity contribution in [1.82, 2.24) is 15.1 Å². The van der Waals surface area contributed by atoms with Crippen molar-refractivity contribution >= 4 is 29.2 Å². The molecule has 0 spiro atoms. The van der Waals surface area contributed by atoms with Gasteiger partial charge >= 0.3 is 0 Å². The van der Waals surface area contributed by atoms with Crippen LogP contribution >= 0.6 is 0 Å². The molecule has 284 valence electrons. The molecule has 1 aromatic rings. The normalized spacial score (nSPS) is 20.9. The summed E-state index contributed by atoms with van der Waals surface area (Å²) in [7, 11) is 0. The quantitative estimate of drug-likeness (QED) is 0.137. The third-order valence-electron chi connectivity index (χ3n) is 11.2. The molecule has 0 bridgehead atoms. The van der Waals surface area contributed by atoms with E-state index < -0.39 is 12.0 Å². The van der Waals surface area contributed by atoms with Crippen molar-refractivity contribution in [1.29, 1.82) is 0 Å². The summed E-state index contributed by atoms with van der Waals surface area (Å²) in [5.74, 6) is 0.204. The molecule has 4 rings (SSSR count). The number of carbonyl (C=O) groups is 5. The Balaban J connectivity index is 1.39. The van der Waals surface area contributed by atoms with E-state index in [2.05, 4.69) is 55.3 Å². The van der Waals surface area contributed by atoms with E-state index in [0.29, 0.717) is 73.2 Å². The highest BCUT2D eigenvalue weighted by Gasteiger charge is 2.38. The van der Waals surface area contributed by atoms with Crippen LogP contribution in [0.1, 0.15) is 105 Å². The molecule has 1 unspecified atom stereocenters. The van der Waals surface area contributed by atoms with E-state index in [0.717, 1.165) is 44.3 Å². The second-order valence-electron chi connectivity index (χ2n) is 16.4. The molecule has 1 N–H and O–H groups in total. The fourth-order valence-corrected chi connectivity index (χ4v) is 8.13. The number of nitrogens with one attached hydrogen (secondary N) is 1. The number of hydrogen-bond donors (Lipinski definition) is 1. The van der Waals surface area contributed by atoms with Crippen LogP contribution in [0, 0.1) is 29.6 Å². The van der Waals surface area contributed by atoms with Crippen molar-refractivity contribution in [2.24, 2.45) is 29.6 Å². The van der Waals surface area contributed by atoms with Gasteiger partial charge in [0.1, 0.15) is 0 Å². The van der Waals surface area contributed by atoms with Crippen LogP contribution in [0.15, 0.2) is 65.3 Å². The summed E-state index contributed by atoms with van der Waals surface area (Å²) >= 11 is 0. The van der Waals surface area contributed by atoms with E-state index in [4.69, 9.17) is 0 Å². The minimum absolute atomic E-state index is 0.000345. The summed E-state index contributed by atoms with van der Waals surface area (Å²) in [5.41, 5.74) is 2.75. The molecule has 3 aliphatic rings. The Kier molecular flexibility index (Phi) is 15.4. The van der Waals surface area contributed by atoms with Crippen molar-refractivity contribution in [3.8, 4) is 0 Å². The largest absolute Gasteiger partial charge is 0.354 e. The number of allylic oxidation sites excluding steroid dienone is 4. The van der Waals surface area contributed by atoms with E-state index in [1.165, 1.54) is 6.08 Å². The standard InChI is InChI=1S/C44H63N3O5/c1-29(2)24-31(5)15-16-37(25-34-12-9-8-10-13-34)44(52)47-20-11-14-39(47)41(49)28-38(43(51)45-30(3)4)26-35-17-21-46(22-18-35)23-19-36-27-40(48)32(6)33(7)42(36)50/h8-10,12-13,15-16,27,29-31,35,37-39H,11,14,17-26,28H2,1-7H3,(H,45,51)/b16-15+/t31-,37-,38-,39?/m1/s1. The number of Topliss-reactive ketones (excluding diaryl/α,β-unsaturated/α-hetero) is 2. The summed E-state index contributed by atoms with van der Waals surface area (Å²) in [4.78, 5) is 71.0. The van der Waals surface area contributed by atoms with E-state index >= 15 is 0 Å². The zero-order valence-corrected chi connectivity index (χ0v) is 32.8. The second-order valence-corrected chi connectivity index (χ2v) is 16.4. The summed E-state index contributed by atoms with van der Waals surface area (Å²) in [5, 5.41) is 3.07. The predicted molar refractivity (Wildman–Crippen MR) is 207 cm³/mol. The third-order valence-corrected chi connectivity index (χ3v) is 11.2. The van der Waals surface area contributed by atoms with Gasteiger partial charge in [0.25, 0.3) is 0 Å². The SMILES string of the molecule is CC1=C(C)C(=O)C(CCN2CCC(C[C@H](CC(=O)C3CCCN3C(=O)[C@H](/C=C/[C@@H](C)CC(C)C)Cc3ccccc3)C(=O)NC(C)C)CC2)=CC1=O. The number of likely N-dealkylation sites (tertiary alicyclic amines) is 2. The Morgan fingerprint density at radius 2 is 1.60 bits per heavy atom. The number of piperidine rings is 1. The topological polar surface area (TPSA) is 104 Å². The number of carbonyl (C=O) groups excluding carboxylic acids is 5. The van der Waals surface area contributed by atoms with Crippen LogP contribution in [-0.2, 0) is 30.4 Å². The van der Waals surface area contributed by atoms with E-state index in [1.54, 1.807) is 13.8 Å². The molecule has 2 heterocycles. The van der Waals surface area contributed by atoms with Gasteiger partial charge in [-0.15, -0.1) is 0 Å². The summed E-state index contributed by atoms with van der Waals surface area (Å²) in [6.07, 6.45) is 11.9. The Bertz CT molecular complexity index is 1510. The lowest BCUT2D eigenvalue weighted by Gasteiger charge is -2.34. The Morgan fingerprint density at radius 1 is 0.904 bits per heavy atom. The number of amides is 2. The van der Waals surface area contributed by atoms with Gasteiger partial charge in [0, 0.05) is 48.2 Å². The van der Waals surface area contributed by atoms with Gasteiger partial charge in [-0.3, -0.25) is 24.0 Å². The maximum Gasteiger partial charge on any atom is 0.230 e. The minimum Gasteiger partial charge on any atom is -0.354 e. The fraction of sp³-hybridized carbons (Fsp3) is 0.614. The van der Waals surface area contributed by atoms with Crippen LogP contribution < -0.4 is 5.32 Å². The number of benzene rings is 1. The lowest BCUT2D eigenvalue weighted by molar-refractivity contribution is -0.140. The number of rotatable bonds is 17. The predicted octanol–water partition coefficient (Wildman–Crippen LogP) is 7.08. The molecule has 1 aliphatic carbocycles. The van der Waals surface area contributed by atoms with Gasteiger partial charge in [0.15, 0.2) is 17.3 Å². The first-order chi connectivity index (χ1) is 24.7. The molecule has 52 heavy (non-hydrogen) atoms. The first kappa shape index (κ1) is 41.1. The van der Waals surface area contributed by atoms with Crippen LogP contribution in [0.3, 0.4) is 0 Å². The average Bonchev–Trinajstić information content (AvgIpc) is 3.60. The smallest absolute Gasteiger partial charge is 0.230 e. The van der Waals surface area contributed by atoms with Crippen molar-refractivity contribution in [2.75, 3.05) is 26.2 Å². The molecule has 0 aromatic heterocycles. The van der Waals surface area contributed by atoms with E-state index in [9.17, 15) is 24.0 Å². The molecule has 2 amide bonds. The second kappa shape index (κ2) is 19.4. The lowest BCUT2D eigenvalue weighted by atomic mass is 9.83. The van der Waals surface area contributed by atoms with Gasteiger partial charge in [0.2, 0.25) is 11.8 Å². The molecule has 4 atom stereocenters. The zero-order chi connectivity index (χ0) is 37.9. The maximum atomic E-state index is 14.2. The molecule has 0 radical (unpaired) electrons. The Morgan fingerprint density at radius 3 is 2.25 bits per heavy atom.